The van der Waals surface area contributed by atoms with Gasteiger partial charge in [0.15, 0.2) is 0 Å². The van der Waals surface area contributed by atoms with Crippen molar-refractivity contribution in [3.05, 3.63) is 22.0 Å². The van der Waals surface area contributed by atoms with E-state index in [-0.39, 0.29) is 11.2 Å². The van der Waals surface area contributed by atoms with Crippen molar-refractivity contribution in [2.45, 2.75) is 31.7 Å². The highest BCUT2D eigenvalue weighted by molar-refractivity contribution is 5.95. The molecule has 1 aliphatic rings. The maximum Gasteiger partial charge on any atom is 0.326 e. The van der Waals surface area contributed by atoms with Crippen molar-refractivity contribution in [3.63, 3.8) is 0 Å². The zero-order valence-electron chi connectivity index (χ0n) is 10.9. The van der Waals surface area contributed by atoms with E-state index in [9.17, 15) is 10.1 Å². The molecule has 0 radical (unpaired) electrons. The van der Waals surface area contributed by atoms with Gasteiger partial charge in [-0.2, -0.15) is 0 Å². The largest absolute Gasteiger partial charge is 0.399 e. The second kappa shape index (κ2) is 5.81. The first-order valence-electron chi connectivity index (χ1n) is 5.98. The van der Waals surface area contributed by atoms with Crippen LogP contribution in [0.5, 0.6) is 0 Å². The highest BCUT2D eigenvalue weighted by Crippen LogP contribution is 2.20. The third-order valence-electron chi connectivity index (χ3n) is 3.22. The SMILES string of the molecule is CN=C(/C(=C\N)[N+](=O)[O-])N1CCCC(C)(N)CC1. The van der Waals surface area contributed by atoms with Crippen LogP contribution in [0.25, 0.3) is 0 Å². The van der Waals surface area contributed by atoms with Crippen molar-refractivity contribution in [2.75, 3.05) is 20.1 Å². The fraction of sp³-hybridized carbons (Fsp3) is 0.727. The fourth-order valence-electron chi connectivity index (χ4n) is 2.15. The molecule has 0 aromatic rings. The zero-order valence-corrected chi connectivity index (χ0v) is 10.9. The minimum absolute atomic E-state index is 0.155. The molecule has 0 spiro atoms. The predicted octanol–water partition coefficient (Wildman–Crippen LogP) is 0.295. The Hall–Kier alpha value is -1.63. The lowest BCUT2D eigenvalue weighted by Crippen LogP contribution is -2.39. The Balaban J connectivity index is 2.88. The van der Waals surface area contributed by atoms with Gasteiger partial charge in [-0.25, -0.2) is 0 Å². The number of nitrogens with two attached hydrogens (primary N) is 2. The van der Waals surface area contributed by atoms with Crippen LogP contribution in [0.3, 0.4) is 0 Å². The summed E-state index contributed by atoms with van der Waals surface area (Å²) in [7, 11) is 1.54. The molecule has 18 heavy (non-hydrogen) atoms. The number of rotatable bonds is 2. The molecule has 1 aliphatic heterocycles. The van der Waals surface area contributed by atoms with Gasteiger partial charge in [0, 0.05) is 25.7 Å². The number of nitro groups is 1. The van der Waals surface area contributed by atoms with Crippen molar-refractivity contribution in [2.24, 2.45) is 16.5 Å². The summed E-state index contributed by atoms with van der Waals surface area (Å²) in [6.07, 6.45) is 3.57. The van der Waals surface area contributed by atoms with E-state index in [4.69, 9.17) is 11.5 Å². The van der Waals surface area contributed by atoms with Crippen LogP contribution in [0, 0.1) is 10.1 Å². The van der Waals surface area contributed by atoms with E-state index >= 15 is 0 Å². The van der Waals surface area contributed by atoms with Crippen molar-refractivity contribution >= 4 is 5.84 Å². The number of amidine groups is 1. The van der Waals surface area contributed by atoms with Crippen molar-refractivity contribution in [1.29, 1.82) is 0 Å². The standard InChI is InChI=1S/C11H21N5O2/c1-11(13)4-3-6-15(7-5-11)10(14-2)9(8-12)16(17)18/h8H,3-7,12-13H2,1-2H3/b9-8+,14-10?. The molecule has 0 aromatic heterocycles. The van der Waals surface area contributed by atoms with Crippen molar-refractivity contribution in [3.8, 4) is 0 Å². The molecule has 7 nitrogen and oxygen atoms in total. The van der Waals surface area contributed by atoms with E-state index in [1.807, 2.05) is 11.8 Å². The molecule has 1 rings (SSSR count). The maximum absolute atomic E-state index is 10.9. The number of hydrogen-bond donors (Lipinski definition) is 2. The van der Waals surface area contributed by atoms with Gasteiger partial charge in [-0.3, -0.25) is 15.1 Å². The monoisotopic (exact) mass is 255 g/mol. The number of likely N-dealkylation sites (tertiary alicyclic amines) is 1. The van der Waals surface area contributed by atoms with Crippen LogP contribution in [0.4, 0.5) is 0 Å². The third-order valence-corrected chi connectivity index (χ3v) is 3.22. The molecule has 0 aromatic carbocycles. The lowest BCUT2D eigenvalue weighted by molar-refractivity contribution is -0.416. The molecule has 1 heterocycles. The molecule has 1 atom stereocenters. The van der Waals surface area contributed by atoms with Gasteiger partial charge < -0.3 is 16.4 Å². The normalized spacial score (nSPS) is 26.9. The Morgan fingerprint density at radius 3 is 2.67 bits per heavy atom. The Bertz CT molecular complexity index is 376. The van der Waals surface area contributed by atoms with Gasteiger partial charge in [0.25, 0.3) is 0 Å². The first-order valence-corrected chi connectivity index (χ1v) is 5.98. The van der Waals surface area contributed by atoms with Gasteiger partial charge >= 0.3 is 5.70 Å². The van der Waals surface area contributed by atoms with Crippen molar-refractivity contribution in [1.82, 2.24) is 4.90 Å². The van der Waals surface area contributed by atoms with Crippen LogP contribution >= 0.6 is 0 Å². The molecule has 7 heteroatoms. The second-order valence-electron chi connectivity index (χ2n) is 4.85. The highest BCUT2D eigenvalue weighted by atomic mass is 16.6. The van der Waals surface area contributed by atoms with Gasteiger partial charge in [0.2, 0.25) is 5.84 Å². The van der Waals surface area contributed by atoms with Gasteiger partial charge in [-0.1, -0.05) is 0 Å². The molecule has 102 valence electrons. The van der Waals surface area contributed by atoms with E-state index in [2.05, 4.69) is 4.99 Å². The summed E-state index contributed by atoms with van der Waals surface area (Å²) in [4.78, 5) is 16.3. The average Bonchev–Trinajstić information content (AvgIpc) is 2.46. The maximum atomic E-state index is 10.9. The topological polar surface area (TPSA) is 111 Å². The smallest absolute Gasteiger partial charge is 0.326 e. The lowest BCUT2D eigenvalue weighted by Gasteiger charge is -2.24. The summed E-state index contributed by atoms with van der Waals surface area (Å²) in [6, 6.07) is 0. The highest BCUT2D eigenvalue weighted by Gasteiger charge is 2.29. The molecular formula is C11H21N5O2. The van der Waals surface area contributed by atoms with Gasteiger partial charge in [-0.05, 0) is 26.2 Å². The first kappa shape index (κ1) is 14.4. The van der Waals surface area contributed by atoms with Gasteiger partial charge in [0.05, 0.1) is 11.1 Å². The molecule has 0 bridgehead atoms. The van der Waals surface area contributed by atoms with E-state index in [0.717, 1.165) is 25.5 Å². The Kier molecular flexibility index (Phi) is 4.66. The quantitative estimate of drug-likeness (QED) is 0.319. The molecule has 1 saturated heterocycles. The van der Waals surface area contributed by atoms with Crippen LogP contribution in [0.2, 0.25) is 0 Å². The summed E-state index contributed by atoms with van der Waals surface area (Å²) in [5.41, 5.74) is 11.1. The summed E-state index contributed by atoms with van der Waals surface area (Å²) >= 11 is 0. The lowest BCUT2D eigenvalue weighted by atomic mass is 9.95. The van der Waals surface area contributed by atoms with Gasteiger partial charge in [0.1, 0.15) is 0 Å². The first-order chi connectivity index (χ1) is 8.41. The minimum atomic E-state index is -0.505. The summed E-state index contributed by atoms with van der Waals surface area (Å²) in [5.74, 6) is 0.334. The van der Waals surface area contributed by atoms with Crippen LogP contribution in [0.1, 0.15) is 26.2 Å². The number of aliphatic imine (C=N–C) groups is 1. The Labute approximate surface area is 107 Å². The summed E-state index contributed by atoms with van der Waals surface area (Å²) < 4.78 is 0. The van der Waals surface area contributed by atoms with Crippen molar-refractivity contribution < 1.29 is 4.92 Å². The minimum Gasteiger partial charge on any atom is -0.399 e. The summed E-state index contributed by atoms with van der Waals surface area (Å²) in [6.45, 7) is 3.38. The molecular weight excluding hydrogens is 234 g/mol. The second-order valence-corrected chi connectivity index (χ2v) is 4.85. The Morgan fingerprint density at radius 1 is 1.50 bits per heavy atom. The molecule has 4 N–H and O–H groups in total. The predicted molar refractivity (Wildman–Crippen MR) is 70.6 cm³/mol. The van der Waals surface area contributed by atoms with Crippen LogP contribution in [-0.2, 0) is 0 Å². The molecule has 1 unspecified atom stereocenters. The van der Waals surface area contributed by atoms with E-state index < -0.39 is 4.92 Å². The zero-order chi connectivity index (χ0) is 13.8. The number of hydrogen-bond acceptors (Lipinski definition) is 5. The van der Waals surface area contributed by atoms with Gasteiger partial charge in [-0.15, -0.1) is 0 Å². The van der Waals surface area contributed by atoms with E-state index in [1.165, 1.54) is 7.05 Å². The van der Waals surface area contributed by atoms with E-state index in [1.54, 1.807) is 0 Å². The Morgan fingerprint density at radius 2 is 2.17 bits per heavy atom. The molecule has 0 amide bonds. The molecule has 0 saturated carbocycles. The molecule has 0 aliphatic carbocycles. The molecule has 1 fully saturated rings. The van der Waals surface area contributed by atoms with Crippen LogP contribution in [0.15, 0.2) is 16.9 Å². The van der Waals surface area contributed by atoms with Crippen LogP contribution < -0.4 is 11.5 Å². The number of nitrogens with zero attached hydrogens (tertiary/aromatic N) is 3. The van der Waals surface area contributed by atoms with E-state index in [0.29, 0.717) is 18.9 Å². The third kappa shape index (κ3) is 3.43. The summed E-state index contributed by atoms with van der Waals surface area (Å²) in [5, 5.41) is 10.9. The van der Waals surface area contributed by atoms with Crippen LogP contribution in [-0.4, -0.2) is 41.3 Å². The average molecular weight is 255 g/mol. The fourth-order valence-corrected chi connectivity index (χ4v) is 2.15.